The number of carboxylic acid groups (broad SMARTS) is 1. The molecule has 5 rings (SSSR count). The zero-order valence-corrected chi connectivity index (χ0v) is 20.7. The van der Waals surface area contributed by atoms with Gasteiger partial charge in [0, 0.05) is 48.7 Å². The zero-order chi connectivity index (χ0) is 27.3. The number of carbonyl (C=O) groups excluding carboxylic acids is 1. The molecule has 0 saturated carbocycles. The van der Waals surface area contributed by atoms with Crippen LogP contribution >= 0.6 is 0 Å². The molecule has 2 aromatic rings. The van der Waals surface area contributed by atoms with Crippen LogP contribution in [0.3, 0.4) is 0 Å². The predicted octanol–water partition coefficient (Wildman–Crippen LogP) is 4.24. The fraction of sp³-hybridized carbons (Fsp3) is 0.500. The van der Waals surface area contributed by atoms with Crippen molar-refractivity contribution in [3.63, 3.8) is 0 Å². The van der Waals surface area contributed by atoms with Gasteiger partial charge in [0.05, 0.1) is 6.61 Å². The van der Waals surface area contributed by atoms with Gasteiger partial charge in [0.1, 0.15) is 11.6 Å². The van der Waals surface area contributed by atoms with Crippen molar-refractivity contribution in [2.24, 2.45) is 5.41 Å². The number of halogens is 4. The Morgan fingerprint density at radius 1 is 1.03 bits per heavy atom. The van der Waals surface area contributed by atoms with Crippen molar-refractivity contribution in [2.75, 3.05) is 33.0 Å². The Balaban J connectivity index is 0.000000426. The van der Waals surface area contributed by atoms with Crippen LogP contribution in [0.1, 0.15) is 47.2 Å². The summed E-state index contributed by atoms with van der Waals surface area (Å²) >= 11 is 0. The summed E-state index contributed by atoms with van der Waals surface area (Å²) in [5.41, 5.74) is 2.73. The van der Waals surface area contributed by atoms with Crippen LogP contribution in [0.4, 0.5) is 17.6 Å². The Bertz CT molecular complexity index is 1130. The molecule has 12 heteroatoms. The minimum atomic E-state index is -5.08. The summed E-state index contributed by atoms with van der Waals surface area (Å²) in [6.07, 6.45) is 2.59. The molecule has 1 aromatic carbocycles. The number of fused-ring (bicyclic) bond motifs is 1. The molecule has 38 heavy (non-hydrogen) atoms. The second kappa shape index (κ2) is 11.6. The van der Waals surface area contributed by atoms with E-state index in [2.05, 4.69) is 9.88 Å². The first-order valence-corrected chi connectivity index (χ1v) is 12.3. The summed E-state index contributed by atoms with van der Waals surface area (Å²) in [5.74, 6) is -2.10. The van der Waals surface area contributed by atoms with E-state index in [-0.39, 0.29) is 18.5 Å². The van der Waals surface area contributed by atoms with Gasteiger partial charge in [0.2, 0.25) is 0 Å². The van der Waals surface area contributed by atoms with E-state index in [1.807, 2.05) is 4.90 Å². The number of hydrogen-bond donors (Lipinski definition) is 1. The van der Waals surface area contributed by atoms with Gasteiger partial charge in [0.25, 0.3) is 5.91 Å². The third-order valence-corrected chi connectivity index (χ3v) is 7.34. The Morgan fingerprint density at radius 2 is 1.63 bits per heavy atom. The van der Waals surface area contributed by atoms with Gasteiger partial charge in [-0.1, -0.05) is 0 Å². The lowest BCUT2D eigenvalue weighted by Gasteiger charge is -2.47. The van der Waals surface area contributed by atoms with Crippen LogP contribution < -0.4 is 4.74 Å². The van der Waals surface area contributed by atoms with Crippen molar-refractivity contribution in [1.29, 1.82) is 0 Å². The van der Waals surface area contributed by atoms with Gasteiger partial charge in [-0.15, -0.1) is 0 Å². The smallest absolute Gasteiger partial charge is 0.475 e. The summed E-state index contributed by atoms with van der Waals surface area (Å²) in [6.45, 7) is 4.92. The second-order valence-electron chi connectivity index (χ2n) is 9.77. The van der Waals surface area contributed by atoms with Gasteiger partial charge >= 0.3 is 12.1 Å². The molecule has 1 amide bonds. The first-order chi connectivity index (χ1) is 18.1. The zero-order valence-electron chi connectivity index (χ0n) is 20.7. The molecule has 0 atom stereocenters. The van der Waals surface area contributed by atoms with Crippen molar-refractivity contribution < 1.29 is 41.7 Å². The van der Waals surface area contributed by atoms with E-state index in [1.54, 1.807) is 30.6 Å². The number of amides is 1. The minimum absolute atomic E-state index is 0.106. The van der Waals surface area contributed by atoms with Crippen LogP contribution in [0.5, 0.6) is 5.75 Å². The number of ether oxygens (including phenoxy) is 2. The first-order valence-electron chi connectivity index (χ1n) is 12.3. The number of alkyl halides is 3. The summed E-state index contributed by atoms with van der Waals surface area (Å²) in [6, 6.07) is 6.67. The van der Waals surface area contributed by atoms with E-state index in [4.69, 9.17) is 19.4 Å². The quantitative estimate of drug-likeness (QED) is 0.584. The summed E-state index contributed by atoms with van der Waals surface area (Å²) in [5, 5.41) is 7.12. The van der Waals surface area contributed by atoms with E-state index in [0.29, 0.717) is 24.1 Å². The standard InChI is InChI=1S/C24H28FN3O3.C2HF3O2/c25-21-13-19(22-20(14-21)16-30-17-31-22)15-27-9-3-24(4-10-27)5-11-28(12-6-24)23(29)18-1-7-26-8-2-18;3-2(4,5)1(6)7/h1-2,7-8,13-14H,3-6,9-12,15-17H2;(H,6,7). The molecule has 1 N–H and O–H groups in total. The van der Waals surface area contributed by atoms with Gasteiger partial charge < -0.3 is 19.5 Å². The van der Waals surface area contributed by atoms with E-state index < -0.39 is 12.1 Å². The number of pyridine rings is 1. The van der Waals surface area contributed by atoms with Crippen molar-refractivity contribution >= 4 is 11.9 Å². The highest BCUT2D eigenvalue weighted by Crippen LogP contribution is 2.42. The maximum absolute atomic E-state index is 14.1. The number of carboxylic acids is 1. The number of nitrogens with zero attached hydrogens (tertiary/aromatic N) is 3. The lowest BCUT2D eigenvalue weighted by Crippen LogP contribution is -2.48. The number of likely N-dealkylation sites (tertiary alicyclic amines) is 2. The highest BCUT2D eigenvalue weighted by Gasteiger charge is 2.39. The number of piperidine rings is 2. The Morgan fingerprint density at radius 3 is 2.24 bits per heavy atom. The van der Waals surface area contributed by atoms with Crippen molar-refractivity contribution in [3.05, 3.63) is 59.2 Å². The monoisotopic (exact) mass is 539 g/mol. The van der Waals surface area contributed by atoms with Crippen LogP contribution in [-0.4, -0.2) is 70.9 Å². The van der Waals surface area contributed by atoms with Gasteiger partial charge in [0.15, 0.2) is 6.79 Å². The average molecular weight is 540 g/mol. The Labute approximate surface area is 217 Å². The molecular formula is C26H29F4N3O5. The molecule has 2 saturated heterocycles. The Kier molecular flexibility index (Phi) is 8.51. The fourth-order valence-corrected chi connectivity index (χ4v) is 5.16. The van der Waals surface area contributed by atoms with E-state index >= 15 is 0 Å². The van der Waals surface area contributed by atoms with Crippen LogP contribution in [0.2, 0.25) is 0 Å². The van der Waals surface area contributed by atoms with Crippen LogP contribution in [0.25, 0.3) is 0 Å². The largest absolute Gasteiger partial charge is 0.490 e. The lowest BCUT2D eigenvalue weighted by atomic mass is 9.71. The highest BCUT2D eigenvalue weighted by atomic mass is 19.4. The molecule has 0 unspecified atom stereocenters. The number of aromatic nitrogens is 1. The third-order valence-electron chi connectivity index (χ3n) is 7.34. The van der Waals surface area contributed by atoms with Gasteiger partial charge in [-0.2, -0.15) is 13.2 Å². The molecule has 4 heterocycles. The highest BCUT2D eigenvalue weighted by molar-refractivity contribution is 5.94. The van der Waals surface area contributed by atoms with Gasteiger partial charge in [-0.05, 0) is 68.5 Å². The van der Waals surface area contributed by atoms with Crippen molar-refractivity contribution in [3.8, 4) is 5.75 Å². The topological polar surface area (TPSA) is 92.2 Å². The van der Waals surface area contributed by atoms with E-state index in [0.717, 1.165) is 68.7 Å². The predicted molar refractivity (Wildman–Crippen MR) is 127 cm³/mol. The molecular weight excluding hydrogens is 510 g/mol. The molecule has 1 spiro atoms. The SMILES string of the molecule is O=C(O)C(F)(F)F.O=C(c1ccncc1)N1CCC2(CCN(Cc3cc(F)cc4c3OCOC4)CC2)CC1. The first kappa shape index (κ1) is 27.8. The van der Waals surface area contributed by atoms with Crippen LogP contribution in [-0.2, 0) is 22.7 Å². The normalized spacial score (nSPS) is 19.1. The van der Waals surface area contributed by atoms with Crippen molar-refractivity contribution in [2.45, 2.75) is 45.0 Å². The number of carbonyl (C=O) groups is 2. The van der Waals surface area contributed by atoms with Gasteiger partial charge in [-0.25, -0.2) is 9.18 Å². The van der Waals surface area contributed by atoms with Crippen molar-refractivity contribution in [1.82, 2.24) is 14.8 Å². The number of rotatable bonds is 3. The number of hydrogen-bond acceptors (Lipinski definition) is 6. The van der Waals surface area contributed by atoms with Crippen LogP contribution in [0.15, 0.2) is 36.7 Å². The van der Waals surface area contributed by atoms with Gasteiger partial charge in [-0.3, -0.25) is 14.7 Å². The third kappa shape index (κ3) is 6.79. The maximum Gasteiger partial charge on any atom is 0.490 e. The van der Waals surface area contributed by atoms with Crippen LogP contribution in [0, 0.1) is 11.2 Å². The molecule has 3 aliphatic heterocycles. The lowest BCUT2D eigenvalue weighted by molar-refractivity contribution is -0.192. The fourth-order valence-electron chi connectivity index (χ4n) is 5.16. The average Bonchev–Trinajstić information content (AvgIpc) is 2.90. The molecule has 0 aliphatic carbocycles. The molecule has 8 nitrogen and oxygen atoms in total. The minimum Gasteiger partial charge on any atom is -0.475 e. The molecule has 2 fully saturated rings. The second-order valence-corrected chi connectivity index (χ2v) is 9.77. The maximum atomic E-state index is 14.1. The Hall–Kier alpha value is -3.25. The molecule has 0 bridgehead atoms. The molecule has 206 valence electrons. The summed E-state index contributed by atoms with van der Waals surface area (Å²) < 4.78 is 56.8. The molecule has 1 aromatic heterocycles. The molecule has 3 aliphatic rings. The van der Waals surface area contributed by atoms with E-state index in [1.165, 1.54) is 6.07 Å². The summed E-state index contributed by atoms with van der Waals surface area (Å²) in [4.78, 5) is 30.0. The summed E-state index contributed by atoms with van der Waals surface area (Å²) in [7, 11) is 0. The van der Waals surface area contributed by atoms with E-state index in [9.17, 15) is 22.4 Å². The number of aliphatic carboxylic acids is 1. The number of benzene rings is 1. The molecule has 0 radical (unpaired) electrons.